The first-order chi connectivity index (χ1) is 10.7. The molecule has 6 heteroatoms. The summed E-state index contributed by atoms with van der Waals surface area (Å²) in [7, 11) is 0. The van der Waals surface area contributed by atoms with Crippen LogP contribution < -0.4 is 4.90 Å². The Balaban J connectivity index is 1.79. The number of rotatable bonds is 2. The van der Waals surface area contributed by atoms with E-state index in [1.165, 1.54) is 0 Å². The van der Waals surface area contributed by atoms with E-state index < -0.39 is 5.97 Å². The first kappa shape index (κ1) is 13.1. The smallest absolute Gasteiger partial charge is 0.306 e. The molecule has 1 aliphatic heterocycles. The number of carbonyl (C=O) groups is 1. The Bertz CT molecular complexity index is 850. The molecule has 0 radical (unpaired) electrons. The summed E-state index contributed by atoms with van der Waals surface area (Å²) in [6.45, 7) is 1.48. The fourth-order valence-corrected chi connectivity index (χ4v) is 3.27. The van der Waals surface area contributed by atoms with Crippen LogP contribution in [0.5, 0.6) is 0 Å². The maximum atomic E-state index is 11.1. The Kier molecular flexibility index (Phi) is 2.96. The molecule has 1 fully saturated rings. The van der Waals surface area contributed by atoms with E-state index in [2.05, 4.69) is 19.9 Å². The summed E-state index contributed by atoms with van der Waals surface area (Å²) in [5.41, 5.74) is 1.92. The molecule has 4 rings (SSSR count). The van der Waals surface area contributed by atoms with E-state index in [1.807, 2.05) is 30.9 Å². The van der Waals surface area contributed by atoms with Crippen LogP contribution in [0.4, 0.5) is 5.69 Å². The molecule has 0 saturated carbocycles. The number of carboxylic acid groups (broad SMARTS) is 1. The molecule has 3 aromatic rings. The number of pyridine rings is 2. The second kappa shape index (κ2) is 4.98. The number of H-pyrrole nitrogens is 1. The third kappa shape index (κ3) is 1.99. The number of aliphatic carboxylic acids is 1. The molecule has 0 atom stereocenters. The van der Waals surface area contributed by atoms with Gasteiger partial charge in [0, 0.05) is 47.8 Å². The maximum absolute atomic E-state index is 11.1. The summed E-state index contributed by atoms with van der Waals surface area (Å²) in [4.78, 5) is 25.2. The van der Waals surface area contributed by atoms with E-state index in [1.54, 1.807) is 0 Å². The highest BCUT2D eigenvalue weighted by Crippen LogP contribution is 2.33. The Labute approximate surface area is 126 Å². The van der Waals surface area contributed by atoms with Gasteiger partial charge in [-0.25, -0.2) is 4.98 Å². The van der Waals surface area contributed by atoms with Crippen LogP contribution in [-0.2, 0) is 4.79 Å². The first-order valence-electron chi connectivity index (χ1n) is 7.41. The van der Waals surface area contributed by atoms with Gasteiger partial charge in [0.1, 0.15) is 5.65 Å². The summed E-state index contributed by atoms with van der Waals surface area (Å²) in [6, 6.07) is 2.03. The van der Waals surface area contributed by atoms with Crippen LogP contribution >= 0.6 is 0 Å². The van der Waals surface area contributed by atoms with E-state index in [9.17, 15) is 4.79 Å². The van der Waals surface area contributed by atoms with E-state index in [4.69, 9.17) is 5.11 Å². The molecule has 4 heterocycles. The summed E-state index contributed by atoms with van der Waals surface area (Å²) in [5, 5.41) is 12.4. The summed E-state index contributed by atoms with van der Waals surface area (Å²) < 4.78 is 0. The molecule has 2 N–H and O–H groups in total. The van der Waals surface area contributed by atoms with E-state index in [-0.39, 0.29) is 5.92 Å². The Morgan fingerprint density at radius 3 is 2.86 bits per heavy atom. The number of nitrogens with zero attached hydrogens (tertiary/aromatic N) is 3. The van der Waals surface area contributed by atoms with Crippen LogP contribution in [0.1, 0.15) is 12.8 Å². The number of hydrogen-bond acceptors (Lipinski definition) is 4. The molecule has 0 unspecified atom stereocenters. The highest BCUT2D eigenvalue weighted by atomic mass is 16.4. The van der Waals surface area contributed by atoms with Crippen LogP contribution in [0.2, 0.25) is 0 Å². The van der Waals surface area contributed by atoms with Crippen molar-refractivity contribution in [3.05, 3.63) is 30.9 Å². The molecule has 22 heavy (non-hydrogen) atoms. The van der Waals surface area contributed by atoms with Gasteiger partial charge in [-0.2, -0.15) is 0 Å². The minimum Gasteiger partial charge on any atom is -0.481 e. The number of carboxylic acids is 1. The molecule has 0 bridgehead atoms. The van der Waals surface area contributed by atoms with Crippen molar-refractivity contribution in [2.45, 2.75) is 12.8 Å². The number of anilines is 1. The molecule has 0 spiro atoms. The summed E-state index contributed by atoms with van der Waals surface area (Å²) in [5.74, 6) is -0.916. The third-order valence-electron chi connectivity index (χ3n) is 4.47. The molecule has 1 aliphatic rings. The Morgan fingerprint density at radius 2 is 2.09 bits per heavy atom. The van der Waals surface area contributed by atoms with Gasteiger partial charge < -0.3 is 15.0 Å². The second-order valence-electron chi connectivity index (χ2n) is 5.72. The number of aromatic amines is 1. The zero-order valence-corrected chi connectivity index (χ0v) is 12.0. The number of hydrogen-bond donors (Lipinski definition) is 2. The van der Waals surface area contributed by atoms with Gasteiger partial charge in [-0.15, -0.1) is 0 Å². The van der Waals surface area contributed by atoms with Crippen LogP contribution in [0.3, 0.4) is 0 Å². The third-order valence-corrected chi connectivity index (χ3v) is 4.47. The number of aromatic nitrogens is 3. The van der Waals surface area contributed by atoms with Gasteiger partial charge in [-0.05, 0) is 18.9 Å². The van der Waals surface area contributed by atoms with Crippen molar-refractivity contribution in [3.8, 4) is 0 Å². The first-order valence-corrected chi connectivity index (χ1v) is 7.41. The number of fused-ring (bicyclic) bond motifs is 3. The van der Waals surface area contributed by atoms with Gasteiger partial charge in [0.15, 0.2) is 0 Å². The average Bonchev–Trinajstić information content (AvgIpc) is 3.03. The van der Waals surface area contributed by atoms with Crippen LogP contribution in [0.15, 0.2) is 30.9 Å². The molecule has 112 valence electrons. The van der Waals surface area contributed by atoms with Crippen LogP contribution in [0.25, 0.3) is 21.8 Å². The number of nitrogens with one attached hydrogen (secondary N) is 1. The zero-order chi connectivity index (χ0) is 15.1. The highest BCUT2D eigenvalue weighted by molar-refractivity contribution is 6.10. The van der Waals surface area contributed by atoms with Crippen LogP contribution in [0, 0.1) is 5.92 Å². The molecule has 0 aliphatic carbocycles. The van der Waals surface area contributed by atoms with Crippen LogP contribution in [-0.4, -0.2) is 39.1 Å². The molecular weight excluding hydrogens is 280 g/mol. The van der Waals surface area contributed by atoms with E-state index >= 15 is 0 Å². The fourth-order valence-electron chi connectivity index (χ4n) is 3.27. The van der Waals surface area contributed by atoms with Crippen molar-refractivity contribution in [1.29, 1.82) is 0 Å². The lowest BCUT2D eigenvalue weighted by Gasteiger charge is -2.32. The van der Waals surface area contributed by atoms with Crippen molar-refractivity contribution >= 4 is 33.5 Å². The van der Waals surface area contributed by atoms with Crippen molar-refractivity contribution in [3.63, 3.8) is 0 Å². The normalized spacial score (nSPS) is 16.5. The topological polar surface area (TPSA) is 82.1 Å². The Morgan fingerprint density at radius 1 is 1.27 bits per heavy atom. The van der Waals surface area contributed by atoms with Gasteiger partial charge in [0.05, 0.1) is 17.8 Å². The second-order valence-corrected chi connectivity index (χ2v) is 5.72. The zero-order valence-electron chi connectivity index (χ0n) is 12.0. The van der Waals surface area contributed by atoms with Crippen molar-refractivity contribution < 1.29 is 9.90 Å². The van der Waals surface area contributed by atoms with E-state index in [0.717, 1.165) is 40.6 Å². The molecule has 3 aromatic heterocycles. The lowest BCUT2D eigenvalue weighted by atomic mass is 9.96. The standard InChI is InChI=1S/C16H16N4O2/c21-16(22)10-2-5-20(6-3-10)13-9-17-7-11-8-19-15-12(14(11)13)1-4-18-15/h1,4,7-10H,2-3,5-6H2,(H,18,19)(H,21,22). The van der Waals surface area contributed by atoms with Gasteiger partial charge in [-0.1, -0.05) is 0 Å². The number of piperidine rings is 1. The Hall–Kier alpha value is -2.63. The molecule has 0 aromatic carbocycles. The van der Waals surface area contributed by atoms with Gasteiger partial charge in [0.2, 0.25) is 0 Å². The fraction of sp³-hybridized carbons (Fsp3) is 0.312. The maximum Gasteiger partial charge on any atom is 0.306 e. The molecule has 6 nitrogen and oxygen atoms in total. The average molecular weight is 296 g/mol. The lowest BCUT2D eigenvalue weighted by molar-refractivity contribution is -0.142. The summed E-state index contributed by atoms with van der Waals surface area (Å²) >= 11 is 0. The monoisotopic (exact) mass is 296 g/mol. The van der Waals surface area contributed by atoms with Gasteiger partial charge >= 0.3 is 5.97 Å². The van der Waals surface area contributed by atoms with Gasteiger partial charge in [0.25, 0.3) is 0 Å². The van der Waals surface area contributed by atoms with Crippen molar-refractivity contribution in [2.75, 3.05) is 18.0 Å². The summed E-state index contributed by atoms with van der Waals surface area (Å²) in [6.07, 6.45) is 8.75. The lowest BCUT2D eigenvalue weighted by Crippen LogP contribution is -2.36. The minimum absolute atomic E-state index is 0.229. The minimum atomic E-state index is -0.687. The van der Waals surface area contributed by atoms with Crippen molar-refractivity contribution in [1.82, 2.24) is 15.0 Å². The molecule has 1 saturated heterocycles. The molecule has 0 amide bonds. The largest absolute Gasteiger partial charge is 0.481 e. The van der Waals surface area contributed by atoms with E-state index in [0.29, 0.717) is 12.8 Å². The SMILES string of the molecule is O=C(O)C1CCN(c2cncc3cnc4[nH]ccc4c23)CC1. The van der Waals surface area contributed by atoms with Gasteiger partial charge in [-0.3, -0.25) is 9.78 Å². The predicted octanol–water partition coefficient (Wildman–Crippen LogP) is 2.41. The quantitative estimate of drug-likeness (QED) is 0.759. The highest BCUT2D eigenvalue weighted by Gasteiger charge is 2.25. The van der Waals surface area contributed by atoms with Crippen molar-refractivity contribution in [2.24, 2.45) is 5.92 Å². The predicted molar refractivity (Wildman–Crippen MR) is 84.0 cm³/mol. The molecular formula is C16H16N4O2.